The van der Waals surface area contributed by atoms with Crippen LogP contribution in [0.5, 0.6) is 0 Å². The summed E-state index contributed by atoms with van der Waals surface area (Å²) in [5.41, 5.74) is 3.58. The summed E-state index contributed by atoms with van der Waals surface area (Å²) in [7, 11) is 0. The van der Waals surface area contributed by atoms with Crippen LogP contribution in [0.3, 0.4) is 0 Å². The third kappa shape index (κ3) is 4.19. The summed E-state index contributed by atoms with van der Waals surface area (Å²) in [6.45, 7) is 10.3. The molecule has 1 aromatic heterocycles. The second-order valence-electron chi connectivity index (χ2n) is 10.3. The van der Waals surface area contributed by atoms with Gasteiger partial charge in [0.1, 0.15) is 5.82 Å². The molecule has 1 N–H and O–H groups in total. The van der Waals surface area contributed by atoms with Crippen LogP contribution in [-0.4, -0.2) is 35.7 Å². The summed E-state index contributed by atoms with van der Waals surface area (Å²) in [4.78, 5) is 19.7. The van der Waals surface area contributed by atoms with Crippen LogP contribution in [0.4, 0.5) is 11.5 Å². The van der Waals surface area contributed by atoms with Crippen molar-refractivity contribution in [1.82, 2.24) is 4.98 Å². The maximum atomic E-state index is 12.4. The molecule has 1 unspecified atom stereocenters. The van der Waals surface area contributed by atoms with Crippen molar-refractivity contribution >= 4 is 17.4 Å². The molecule has 1 atom stereocenters. The summed E-state index contributed by atoms with van der Waals surface area (Å²) in [5, 5.41) is 3.04. The number of ether oxygens (including phenoxy) is 1. The monoisotopic (exact) mass is 385 g/mol. The normalized spacial score (nSPS) is 23.4. The molecule has 1 amide bonds. The summed E-state index contributed by atoms with van der Waals surface area (Å²) in [6.07, 6.45) is 9.16. The SMILES string of the molecule is Cc1cc2c(nc1NC(=O)CC(C)(C)C)CCCN2CC1CCC2(CCC2)O1. The van der Waals surface area contributed by atoms with Crippen molar-refractivity contribution in [3.63, 3.8) is 0 Å². The molecule has 28 heavy (non-hydrogen) atoms. The van der Waals surface area contributed by atoms with Gasteiger partial charge in [0.25, 0.3) is 0 Å². The molecule has 3 aliphatic rings. The molecule has 3 heterocycles. The highest BCUT2D eigenvalue weighted by Crippen LogP contribution is 2.46. The lowest BCUT2D eigenvalue weighted by atomic mass is 9.78. The molecular weight excluding hydrogens is 350 g/mol. The van der Waals surface area contributed by atoms with Gasteiger partial charge in [0.15, 0.2) is 0 Å². The van der Waals surface area contributed by atoms with Crippen LogP contribution < -0.4 is 10.2 Å². The Balaban J connectivity index is 1.45. The van der Waals surface area contributed by atoms with Crippen LogP contribution in [0.2, 0.25) is 0 Å². The number of aryl methyl sites for hydroxylation is 2. The lowest BCUT2D eigenvalue weighted by molar-refractivity contribution is -0.117. The van der Waals surface area contributed by atoms with E-state index in [4.69, 9.17) is 9.72 Å². The van der Waals surface area contributed by atoms with E-state index < -0.39 is 0 Å². The van der Waals surface area contributed by atoms with E-state index in [1.54, 1.807) is 0 Å². The van der Waals surface area contributed by atoms with Crippen LogP contribution >= 0.6 is 0 Å². The molecule has 2 fully saturated rings. The minimum Gasteiger partial charge on any atom is -0.370 e. The molecule has 1 aliphatic carbocycles. The van der Waals surface area contributed by atoms with Gasteiger partial charge in [0.2, 0.25) is 5.91 Å². The van der Waals surface area contributed by atoms with Gasteiger partial charge in [-0.05, 0) is 68.9 Å². The molecule has 0 radical (unpaired) electrons. The van der Waals surface area contributed by atoms with Gasteiger partial charge in [0.05, 0.1) is 23.1 Å². The second-order valence-corrected chi connectivity index (χ2v) is 10.3. The topological polar surface area (TPSA) is 54.5 Å². The average Bonchev–Trinajstić information content (AvgIpc) is 2.99. The Bertz CT molecular complexity index is 749. The number of anilines is 2. The van der Waals surface area contributed by atoms with Crippen LogP contribution in [0, 0.1) is 12.3 Å². The number of rotatable bonds is 4. The van der Waals surface area contributed by atoms with Crippen molar-refractivity contribution in [2.75, 3.05) is 23.3 Å². The van der Waals surface area contributed by atoms with Crippen LogP contribution in [0.1, 0.15) is 77.0 Å². The van der Waals surface area contributed by atoms with Crippen molar-refractivity contribution in [2.24, 2.45) is 5.41 Å². The van der Waals surface area contributed by atoms with Crippen LogP contribution in [-0.2, 0) is 16.0 Å². The summed E-state index contributed by atoms with van der Waals surface area (Å²) < 4.78 is 6.44. The predicted molar refractivity (Wildman–Crippen MR) is 113 cm³/mol. The first-order valence-electron chi connectivity index (χ1n) is 11.0. The fraction of sp³-hybridized carbons (Fsp3) is 0.739. The summed E-state index contributed by atoms with van der Waals surface area (Å²) in [5.74, 6) is 0.765. The molecule has 1 aromatic rings. The zero-order chi connectivity index (χ0) is 19.9. The zero-order valence-corrected chi connectivity index (χ0v) is 17.9. The van der Waals surface area contributed by atoms with Gasteiger partial charge in [-0.1, -0.05) is 20.8 Å². The van der Waals surface area contributed by atoms with Crippen LogP contribution in [0.25, 0.3) is 0 Å². The Morgan fingerprint density at radius 1 is 1.32 bits per heavy atom. The Labute approximate surface area is 169 Å². The summed E-state index contributed by atoms with van der Waals surface area (Å²) in [6, 6.07) is 2.21. The first kappa shape index (κ1) is 19.7. The molecule has 5 heteroatoms. The highest BCUT2D eigenvalue weighted by Gasteiger charge is 2.45. The fourth-order valence-corrected chi connectivity index (χ4v) is 4.84. The third-order valence-corrected chi connectivity index (χ3v) is 6.43. The van der Waals surface area contributed by atoms with Crippen molar-refractivity contribution < 1.29 is 9.53 Å². The minimum atomic E-state index is -0.0257. The van der Waals surface area contributed by atoms with Gasteiger partial charge in [-0.2, -0.15) is 0 Å². The molecular formula is C23H35N3O2. The number of nitrogens with zero attached hydrogens (tertiary/aromatic N) is 2. The second kappa shape index (κ2) is 7.33. The van der Waals surface area contributed by atoms with E-state index in [0.717, 1.165) is 43.0 Å². The predicted octanol–water partition coefficient (Wildman–Crippen LogP) is 4.62. The maximum Gasteiger partial charge on any atom is 0.226 e. The molecule has 0 bridgehead atoms. The van der Waals surface area contributed by atoms with E-state index in [2.05, 4.69) is 37.1 Å². The standard InChI is InChI=1S/C23H35N3O2/c1-16-13-19-18(24-21(16)25-20(27)14-22(2,3)4)7-5-12-26(19)15-17-8-11-23(28-17)9-6-10-23/h13,17H,5-12,14-15H2,1-4H3,(H,24,25,27). The number of amides is 1. The number of pyridine rings is 1. The van der Waals surface area contributed by atoms with E-state index >= 15 is 0 Å². The molecule has 0 aromatic carbocycles. The maximum absolute atomic E-state index is 12.4. The largest absolute Gasteiger partial charge is 0.370 e. The molecule has 1 spiro atoms. The first-order chi connectivity index (χ1) is 13.2. The van der Waals surface area contributed by atoms with Gasteiger partial charge in [-0.25, -0.2) is 4.98 Å². The Hall–Kier alpha value is -1.62. The van der Waals surface area contributed by atoms with E-state index in [9.17, 15) is 4.79 Å². The molecule has 154 valence electrons. The number of hydrogen-bond acceptors (Lipinski definition) is 4. The third-order valence-electron chi connectivity index (χ3n) is 6.43. The van der Waals surface area contributed by atoms with Gasteiger partial charge in [-0.15, -0.1) is 0 Å². The Morgan fingerprint density at radius 3 is 2.75 bits per heavy atom. The molecule has 4 rings (SSSR count). The zero-order valence-electron chi connectivity index (χ0n) is 17.9. The van der Waals surface area contributed by atoms with Gasteiger partial charge in [0, 0.05) is 19.5 Å². The van der Waals surface area contributed by atoms with Crippen molar-refractivity contribution in [3.8, 4) is 0 Å². The number of hydrogen-bond donors (Lipinski definition) is 1. The van der Waals surface area contributed by atoms with Crippen molar-refractivity contribution in [2.45, 2.75) is 90.8 Å². The van der Waals surface area contributed by atoms with E-state index in [1.807, 2.05) is 6.92 Å². The van der Waals surface area contributed by atoms with Gasteiger partial charge < -0.3 is 15.0 Å². The lowest BCUT2D eigenvalue weighted by Gasteiger charge is -2.39. The van der Waals surface area contributed by atoms with Gasteiger partial charge in [-0.3, -0.25) is 4.79 Å². The average molecular weight is 386 g/mol. The molecule has 1 saturated heterocycles. The smallest absolute Gasteiger partial charge is 0.226 e. The number of aromatic nitrogens is 1. The molecule has 5 nitrogen and oxygen atoms in total. The van der Waals surface area contributed by atoms with E-state index in [1.165, 1.54) is 37.8 Å². The van der Waals surface area contributed by atoms with E-state index in [-0.39, 0.29) is 16.9 Å². The minimum absolute atomic E-state index is 0.0257. The molecule has 1 saturated carbocycles. The van der Waals surface area contributed by atoms with Crippen molar-refractivity contribution in [1.29, 1.82) is 0 Å². The molecule has 2 aliphatic heterocycles. The number of fused-ring (bicyclic) bond motifs is 1. The van der Waals surface area contributed by atoms with Crippen molar-refractivity contribution in [3.05, 3.63) is 17.3 Å². The quantitative estimate of drug-likeness (QED) is 0.822. The lowest BCUT2D eigenvalue weighted by Crippen LogP contribution is -2.41. The number of nitrogens with one attached hydrogen (secondary N) is 1. The number of carbonyl (C=O) groups is 1. The first-order valence-corrected chi connectivity index (χ1v) is 11.0. The van der Waals surface area contributed by atoms with Gasteiger partial charge >= 0.3 is 0 Å². The number of carbonyl (C=O) groups excluding carboxylic acids is 1. The van der Waals surface area contributed by atoms with Crippen LogP contribution in [0.15, 0.2) is 6.07 Å². The fourth-order valence-electron chi connectivity index (χ4n) is 4.84. The van der Waals surface area contributed by atoms with E-state index in [0.29, 0.717) is 12.5 Å². The Morgan fingerprint density at radius 2 is 2.11 bits per heavy atom. The highest BCUT2D eigenvalue weighted by molar-refractivity contribution is 5.91. The Kier molecular flexibility index (Phi) is 5.15. The highest BCUT2D eigenvalue weighted by atomic mass is 16.5. The summed E-state index contributed by atoms with van der Waals surface area (Å²) >= 11 is 0.